The van der Waals surface area contributed by atoms with Gasteiger partial charge in [0, 0.05) is 18.5 Å². The molecule has 0 aliphatic carbocycles. The van der Waals surface area contributed by atoms with Crippen molar-refractivity contribution in [1.29, 1.82) is 0 Å². The number of rotatable bonds is 5. The van der Waals surface area contributed by atoms with Gasteiger partial charge in [-0.3, -0.25) is 0 Å². The quantitative estimate of drug-likeness (QED) is 0.893. The maximum absolute atomic E-state index is 5.50. The Morgan fingerprint density at radius 1 is 1.11 bits per heavy atom. The summed E-state index contributed by atoms with van der Waals surface area (Å²) in [5, 5.41) is 3.44. The average Bonchev–Trinajstić information content (AvgIpc) is 2.82. The van der Waals surface area contributed by atoms with Crippen molar-refractivity contribution in [2.75, 3.05) is 0 Å². The van der Waals surface area contributed by atoms with Gasteiger partial charge in [-0.05, 0) is 32.8 Å². The molecule has 0 radical (unpaired) electrons. The first-order valence-electron chi connectivity index (χ1n) is 6.75. The zero-order chi connectivity index (χ0) is 13.7. The minimum atomic E-state index is 0.0929. The third-order valence-corrected chi connectivity index (χ3v) is 3.00. The van der Waals surface area contributed by atoms with E-state index >= 15 is 0 Å². The number of benzene rings is 1. The molecule has 102 valence electrons. The first-order valence-corrected chi connectivity index (χ1v) is 6.75. The summed E-state index contributed by atoms with van der Waals surface area (Å²) in [6.45, 7) is 7.20. The Kier molecular flexibility index (Phi) is 4.38. The molecule has 0 aliphatic heterocycles. The highest BCUT2D eigenvalue weighted by Gasteiger charge is 2.13. The summed E-state index contributed by atoms with van der Waals surface area (Å²) in [5.41, 5.74) is 2.44. The van der Waals surface area contributed by atoms with E-state index in [1.807, 2.05) is 6.07 Å². The van der Waals surface area contributed by atoms with E-state index in [1.165, 1.54) is 5.56 Å². The summed E-state index contributed by atoms with van der Waals surface area (Å²) in [6.07, 6.45) is 3.42. The number of hydrogen-bond acceptors (Lipinski definition) is 3. The van der Waals surface area contributed by atoms with E-state index in [0.29, 0.717) is 0 Å². The highest BCUT2D eigenvalue weighted by Crippen LogP contribution is 2.12. The molecular weight excluding hydrogens is 236 g/mol. The van der Waals surface area contributed by atoms with Crippen molar-refractivity contribution in [3.63, 3.8) is 0 Å². The van der Waals surface area contributed by atoms with Gasteiger partial charge < -0.3 is 9.73 Å². The molecule has 0 saturated carbocycles. The van der Waals surface area contributed by atoms with E-state index < -0.39 is 0 Å². The summed E-state index contributed by atoms with van der Waals surface area (Å²) in [4.78, 5) is 4.30. The van der Waals surface area contributed by atoms with E-state index in [-0.39, 0.29) is 5.54 Å². The Bertz CT molecular complexity index is 497. The molecule has 0 unspecified atom stereocenters. The number of aromatic nitrogens is 1. The van der Waals surface area contributed by atoms with Crippen molar-refractivity contribution < 1.29 is 4.42 Å². The number of hydrogen-bond donors (Lipinski definition) is 1. The van der Waals surface area contributed by atoms with Crippen LogP contribution in [0.25, 0.3) is 0 Å². The minimum absolute atomic E-state index is 0.0929. The zero-order valence-electron chi connectivity index (χ0n) is 11.9. The van der Waals surface area contributed by atoms with Crippen LogP contribution in [0.2, 0.25) is 0 Å². The maximum atomic E-state index is 5.50. The summed E-state index contributed by atoms with van der Waals surface area (Å²) in [5.74, 6) is 0.987. The van der Waals surface area contributed by atoms with Gasteiger partial charge >= 0.3 is 0 Å². The fraction of sp³-hybridized carbons (Fsp3) is 0.438. The fourth-order valence-electron chi connectivity index (χ4n) is 1.89. The fourth-order valence-corrected chi connectivity index (χ4v) is 1.89. The molecule has 0 bridgehead atoms. The van der Waals surface area contributed by atoms with Gasteiger partial charge in [-0.25, -0.2) is 4.98 Å². The zero-order valence-corrected chi connectivity index (χ0v) is 11.9. The van der Waals surface area contributed by atoms with Crippen LogP contribution in [-0.2, 0) is 19.4 Å². The maximum Gasteiger partial charge on any atom is 0.181 e. The number of aryl methyl sites for hydroxylation is 2. The number of nitrogens with one attached hydrogen (secondary N) is 1. The van der Waals surface area contributed by atoms with Gasteiger partial charge in [0.15, 0.2) is 6.39 Å². The molecule has 3 nitrogen and oxygen atoms in total. The molecule has 0 fully saturated rings. The second-order valence-corrected chi connectivity index (χ2v) is 5.81. The van der Waals surface area contributed by atoms with E-state index in [9.17, 15) is 0 Å². The minimum Gasteiger partial charge on any atom is -0.448 e. The van der Waals surface area contributed by atoms with Crippen molar-refractivity contribution in [3.05, 3.63) is 53.7 Å². The Morgan fingerprint density at radius 2 is 1.84 bits per heavy atom. The van der Waals surface area contributed by atoms with Crippen LogP contribution in [0, 0.1) is 0 Å². The largest absolute Gasteiger partial charge is 0.448 e. The van der Waals surface area contributed by atoms with Crippen molar-refractivity contribution in [2.45, 2.75) is 45.7 Å². The molecule has 2 aromatic rings. The SMILES string of the molecule is CC(C)(C)NCc1ncoc1CCc1ccccc1. The molecular formula is C16H22N2O. The molecule has 1 N–H and O–H groups in total. The topological polar surface area (TPSA) is 38.1 Å². The van der Waals surface area contributed by atoms with Crippen molar-refractivity contribution in [2.24, 2.45) is 0 Å². The molecule has 1 aromatic carbocycles. The molecule has 2 rings (SSSR count). The van der Waals surface area contributed by atoms with Crippen molar-refractivity contribution >= 4 is 0 Å². The first-order chi connectivity index (χ1) is 9.04. The molecule has 1 aromatic heterocycles. The van der Waals surface area contributed by atoms with Crippen LogP contribution in [0.15, 0.2) is 41.1 Å². The van der Waals surface area contributed by atoms with Crippen LogP contribution in [0.1, 0.15) is 37.8 Å². The molecule has 19 heavy (non-hydrogen) atoms. The third-order valence-electron chi connectivity index (χ3n) is 3.00. The Hall–Kier alpha value is -1.61. The molecule has 0 aliphatic rings. The number of oxazole rings is 1. The number of nitrogens with zero attached hydrogens (tertiary/aromatic N) is 1. The third kappa shape index (κ3) is 4.52. The van der Waals surface area contributed by atoms with Crippen molar-refractivity contribution in [3.8, 4) is 0 Å². The van der Waals surface area contributed by atoms with Gasteiger partial charge in [0.1, 0.15) is 5.76 Å². The lowest BCUT2D eigenvalue weighted by Gasteiger charge is -2.19. The summed E-state index contributed by atoms with van der Waals surface area (Å²) < 4.78 is 5.50. The molecule has 0 spiro atoms. The smallest absolute Gasteiger partial charge is 0.181 e. The van der Waals surface area contributed by atoms with E-state index in [0.717, 1.165) is 30.8 Å². The molecule has 0 atom stereocenters. The standard InChI is InChI=1S/C16H22N2O/c1-16(2,3)18-11-14-15(19-12-17-14)10-9-13-7-5-4-6-8-13/h4-8,12,18H,9-11H2,1-3H3. The lowest BCUT2D eigenvalue weighted by Crippen LogP contribution is -2.35. The summed E-state index contributed by atoms with van der Waals surface area (Å²) in [7, 11) is 0. The Labute approximate surface area is 115 Å². The van der Waals surface area contributed by atoms with Crippen molar-refractivity contribution in [1.82, 2.24) is 10.3 Å². The lowest BCUT2D eigenvalue weighted by atomic mass is 10.1. The monoisotopic (exact) mass is 258 g/mol. The summed E-state index contributed by atoms with van der Waals surface area (Å²) in [6, 6.07) is 10.5. The molecule has 1 heterocycles. The van der Waals surface area contributed by atoms with Gasteiger partial charge in [-0.2, -0.15) is 0 Å². The normalized spacial score (nSPS) is 11.7. The second-order valence-electron chi connectivity index (χ2n) is 5.81. The van der Waals surface area contributed by atoms with Gasteiger partial charge in [-0.1, -0.05) is 30.3 Å². The van der Waals surface area contributed by atoms with Gasteiger partial charge in [-0.15, -0.1) is 0 Å². The highest BCUT2D eigenvalue weighted by molar-refractivity contribution is 5.17. The lowest BCUT2D eigenvalue weighted by molar-refractivity contribution is 0.417. The van der Waals surface area contributed by atoms with Crippen LogP contribution in [0.4, 0.5) is 0 Å². The summed E-state index contributed by atoms with van der Waals surface area (Å²) >= 11 is 0. The van der Waals surface area contributed by atoms with Gasteiger partial charge in [0.2, 0.25) is 0 Å². The van der Waals surface area contributed by atoms with Crippen LogP contribution < -0.4 is 5.32 Å². The highest BCUT2D eigenvalue weighted by atomic mass is 16.3. The van der Waals surface area contributed by atoms with E-state index in [1.54, 1.807) is 6.39 Å². The Morgan fingerprint density at radius 3 is 2.53 bits per heavy atom. The molecule has 3 heteroatoms. The van der Waals surface area contributed by atoms with Gasteiger partial charge in [0.05, 0.1) is 5.69 Å². The first kappa shape index (κ1) is 13.8. The molecule has 0 amide bonds. The second kappa shape index (κ2) is 6.02. The van der Waals surface area contributed by atoms with Gasteiger partial charge in [0.25, 0.3) is 0 Å². The average molecular weight is 258 g/mol. The molecule has 0 saturated heterocycles. The van der Waals surface area contributed by atoms with Crippen LogP contribution in [0.3, 0.4) is 0 Å². The predicted octanol–water partition coefficient (Wildman–Crippen LogP) is 3.35. The van der Waals surface area contributed by atoms with Crippen LogP contribution in [0.5, 0.6) is 0 Å². The van der Waals surface area contributed by atoms with Crippen LogP contribution in [-0.4, -0.2) is 10.5 Å². The van der Waals surface area contributed by atoms with E-state index in [4.69, 9.17) is 4.42 Å². The Balaban J connectivity index is 1.92. The van der Waals surface area contributed by atoms with E-state index in [2.05, 4.69) is 55.3 Å². The van der Waals surface area contributed by atoms with Crippen LogP contribution >= 0.6 is 0 Å². The predicted molar refractivity (Wildman–Crippen MR) is 76.9 cm³/mol.